The lowest BCUT2D eigenvalue weighted by molar-refractivity contribution is 0.0319. The lowest BCUT2D eigenvalue weighted by Gasteiger charge is -2.36. The van der Waals surface area contributed by atoms with E-state index >= 15 is 0 Å². The molecule has 1 aliphatic rings. The van der Waals surface area contributed by atoms with E-state index in [-0.39, 0.29) is 0 Å². The lowest BCUT2D eigenvalue weighted by Crippen LogP contribution is -2.42. The highest BCUT2D eigenvalue weighted by Crippen LogP contribution is 2.48. The van der Waals surface area contributed by atoms with Crippen molar-refractivity contribution in [2.45, 2.75) is 21.7 Å². The molecule has 0 aliphatic carbocycles. The predicted octanol–water partition coefficient (Wildman–Crippen LogP) is 3.10. The van der Waals surface area contributed by atoms with Crippen LogP contribution in [0.5, 0.6) is 0 Å². The molecular weight excluding hydrogens is 218 g/mol. The van der Waals surface area contributed by atoms with Gasteiger partial charge >= 0.3 is 0 Å². The molecule has 1 aliphatic heterocycles. The fourth-order valence-electron chi connectivity index (χ4n) is 0.746. The summed E-state index contributed by atoms with van der Waals surface area (Å²) in [5, 5.41) is 0. The highest BCUT2D eigenvalue weighted by molar-refractivity contribution is 6.61. The Kier molecular flexibility index (Phi) is 2.64. The Balaban J connectivity index is 2.70. The molecule has 0 aromatic carbocycles. The van der Waals surface area contributed by atoms with Crippen molar-refractivity contribution in [1.82, 2.24) is 0 Å². The molecule has 5 heteroatoms. The third-order valence-electron chi connectivity index (χ3n) is 1.34. The van der Waals surface area contributed by atoms with Gasteiger partial charge in [-0.15, -0.1) is 0 Å². The maximum absolute atomic E-state index is 5.74. The summed E-state index contributed by atoms with van der Waals surface area (Å²) in [5.41, 5.74) is 0. The summed E-state index contributed by atoms with van der Waals surface area (Å²) in [6, 6.07) is 0. The molecule has 60 valence electrons. The van der Waals surface area contributed by atoms with Crippen LogP contribution >= 0.6 is 46.4 Å². The Bertz CT molecular complexity index is 118. The molecular formula is C5H6Cl4O. The van der Waals surface area contributed by atoms with Crippen molar-refractivity contribution in [3.8, 4) is 0 Å². The summed E-state index contributed by atoms with van der Waals surface area (Å²) in [4.78, 5) is 0. The van der Waals surface area contributed by atoms with Crippen LogP contribution in [-0.4, -0.2) is 15.5 Å². The fraction of sp³-hybridized carbons (Fsp3) is 1.00. The van der Waals surface area contributed by atoms with Crippen LogP contribution in [0.1, 0.15) is 12.8 Å². The number of hydrogen-bond acceptors (Lipinski definition) is 1. The van der Waals surface area contributed by atoms with E-state index in [1.165, 1.54) is 0 Å². The average Bonchev–Trinajstić information content (AvgIpc) is 1.77. The number of hydrogen-bond donors (Lipinski definition) is 0. The first-order valence-electron chi connectivity index (χ1n) is 2.85. The summed E-state index contributed by atoms with van der Waals surface area (Å²) in [6.07, 6.45) is 1.34. The molecule has 0 aromatic heterocycles. The van der Waals surface area contributed by atoms with Crippen LogP contribution in [0.2, 0.25) is 0 Å². The topological polar surface area (TPSA) is 9.23 Å². The molecule has 1 rings (SSSR count). The van der Waals surface area contributed by atoms with E-state index < -0.39 is 8.85 Å². The molecule has 0 saturated carbocycles. The zero-order valence-electron chi connectivity index (χ0n) is 5.04. The zero-order chi connectivity index (χ0) is 7.83. The van der Waals surface area contributed by atoms with Crippen molar-refractivity contribution in [2.75, 3.05) is 6.61 Å². The Morgan fingerprint density at radius 3 is 2.00 bits per heavy atom. The summed E-state index contributed by atoms with van der Waals surface area (Å²) >= 11 is 22.8. The van der Waals surface area contributed by atoms with E-state index in [9.17, 15) is 0 Å². The van der Waals surface area contributed by atoms with Crippen LogP contribution < -0.4 is 0 Å². The largest absolute Gasteiger partial charge is 0.344 e. The number of ether oxygens (including phenoxy) is 1. The Labute approximate surface area is 79.5 Å². The molecule has 0 aromatic rings. The second kappa shape index (κ2) is 2.87. The molecule has 1 fully saturated rings. The molecule has 0 N–H and O–H groups in total. The first-order valence-corrected chi connectivity index (χ1v) is 4.36. The van der Waals surface area contributed by atoms with Gasteiger partial charge in [0.15, 0.2) is 4.33 Å². The van der Waals surface area contributed by atoms with Crippen LogP contribution in [0.4, 0.5) is 0 Å². The standard InChI is InChI=1S/C5H6Cl4O/c6-4(7)2-1-3-10-5(4,8)9/h1-3H2. The van der Waals surface area contributed by atoms with Crippen LogP contribution in [0.3, 0.4) is 0 Å². The molecule has 10 heavy (non-hydrogen) atoms. The minimum atomic E-state index is -1.45. The predicted molar refractivity (Wildman–Crippen MR) is 44.1 cm³/mol. The SMILES string of the molecule is ClC1(Cl)CCCOC1(Cl)Cl. The molecule has 0 bridgehead atoms. The van der Waals surface area contributed by atoms with Crippen molar-refractivity contribution in [3.63, 3.8) is 0 Å². The summed E-state index contributed by atoms with van der Waals surface area (Å²) < 4.78 is 2.33. The summed E-state index contributed by atoms with van der Waals surface area (Å²) in [5.74, 6) is 0. The molecule has 1 heterocycles. The van der Waals surface area contributed by atoms with Crippen molar-refractivity contribution in [2.24, 2.45) is 0 Å². The van der Waals surface area contributed by atoms with Gasteiger partial charge in [0.05, 0.1) is 6.61 Å². The maximum Gasteiger partial charge on any atom is 0.251 e. The normalized spacial score (nSPS) is 30.0. The van der Waals surface area contributed by atoms with Crippen molar-refractivity contribution in [3.05, 3.63) is 0 Å². The summed E-state index contributed by atoms with van der Waals surface area (Å²) in [7, 11) is 0. The summed E-state index contributed by atoms with van der Waals surface area (Å²) in [6.45, 7) is 0.508. The lowest BCUT2D eigenvalue weighted by atomic mass is 10.2. The van der Waals surface area contributed by atoms with Crippen LogP contribution in [0.25, 0.3) is 0 Å². The number of halogens is 4. The van der Waals surface area contributed by atoms with Crippen LogP contribution in [0, 0.1) is 0 Å². The highest BCUT2D eigenvalue weighted by Gasteiger charge is 2.50. The first kappa shape index (κ1) is 9.21. The Morgan fingerprint density at radius 1 is 1.10 bits per heavy atom. The van der Waals surface area contributed by atoms with E-state index in [1.807, 2.05) is 0 Å². The molecule has 0 atom stereocenters. The van der Waals surface area contributed by atoms with Crippen molar-refractivity contribution < 1.29 is 4.74 Å². The minimum absolute atomic E-state index is 0.508. The number of rotatable bonds is 0. The molecule has 1 saturated heterocycles. The van der Waals surface area contributed by atoms with Gasteiger partial charge in [-0.3, -0.25) is 0 Å². The monoisotopic (exact) mass is 222 g/mol. The fourth-order valence-corrected chi connectivity index (χ4v) is 1.47. The van der Waals surface area contributed by atoms with Gasteiger partial charge in [0.2, 0.25) is 0 Å². The van der Waals surface area contributed by atoms with E-state index in [0.29, 0.717) is 13.0 Å². The van der Waals surface area contributed by atoms with Crippen LogP contribution in [0.15, 0.2) is 0 Å². The van der Waals surface area contributed by atoms with E-state index in [0.717, 1.165) is 6.42 Å². The van der Waals surface area contributed by atoms with Crippen molar-refractivity contribution in [1.29, 1.82) is 0 Å². The van der Waals surface area contributed by atoms with Gasteiger partial charge < -0.3 is 4.74 Å². The molecule has 0 spiro atoms. The van der Waals surface area contributed by atoms with Gasteiger partial charge in [-0.05, 0) is 12.8 Å². The van der Waals surface area contributed by atoms with Gasteiger partial charge in [-0.25, -0.2) is 0 Å². The van der Waals surface area contributed by atoms with E-state index in [4.69, 9.17) is 51.1 Å². The van der Waals surface area contributed by atoms with E-state index in [1.54, 1.807) is 0 Å². The molecule has 1 nitrogen and oxygen atoms in total. The Hall–Kier alpha value is 1.12. The first-order chi connectivity index (χ1) is 4.46. The second-order valence-corrected chi connectivity index (χ2v) is 4.92. The van der Waals surface area contributed by atoms with Gasteiger partial charge in [-0.2, -0.15) is 0 Å². The molecule has 0 amide bonds. The third-order valence-corrected chi connectivity index (χ3v) is 3.50. The van der Waals surface area contributed by atoms with Gasteiger partial charge in [0.25, 0.3) is 4.52 Å². The highest BCUT2D eigenvalue weighted by atomic mass is 35.5. The van der Waals surface area contributed by atoms with E-state index in [2.05, 4.69) is 0 Å². The quantitative estimate of drug-likeness (QED) is 0.574. The maximum atomic E-state index is 5.74. The molecule has 0 radical (unpaired) electrons. The number of alkyl halides is 4. The van der Waals surface area contributed by atoms with Gasteiger partial charge in [0, 0.05) is 0 Å². The van der Waals surface area contributed by atoms with Crippen LogP contribution in [-0.2, 0) is 4.74 Å². The van der Waals surface area contributed by atoms with Crippen molar-refractivity contribution >= 4 is 46.4 Å². The second-order valence-electron chi connectivity index (χ2n) is 2.17. The third kappa shape index (κ3) is 1.64. The average molecular weight is 224 g/mol. The van der Waals surface area contributed by atoms with Gasteiger partial charge in [-0.1, -0.05) is 46.4 Å². The molecule has 0 unspecified atom stereocenters. The van der Waals surface area contributed by atoms with Gasteiger partial charge in [0.1, 0.15) is 0 Å². The Morgan fingerprint density at radius 2 is 1.70 bits per heavy atom. The smallest absolute Gasteiger partial charge is 0.251 e. The zero-order valence-corrected chi connectivity index (χ0v) is 8.07. The minimum Gasteiger partial charge on any atom is -0.344 e.